The number of hydrogen-bond acceptors (Lipinski definition) is 3. The number of benzene rings is 2. The van der Waals surface area contributed by atoms with E-state index in [0.29, 0.717) is 17.0 Å². The number of carbonyl (C=O) groups is 1. The van der Waals surface area contributed by atoms with Crippen molar-refractivity contribution in [1.29, 1.82) is 0 Å². The fourth-order valence-corrected chi connectivity index (χ4v) is 3.00. The highest BCUT2D eigenvalue weighted by Gasteiger charge is 2.23. The SMILES string of the molecule is Cc1noc(C(C)C)c1C(=O)NC(C)c1ccc(-c2ccccc2)cc1. The van der Waals surface area contributed by atoms with E-state index in [1.54, 1.807) is 6.92 Å². The second-order valence-electron chi connectivity index (χ2n) is 6.85. The van der Waals surface area contributed by atoms with Gasteiger partial charge in [0.1, 0.15) is 5.56 Å². The summed E-state index contributed by atoms with van der Waals surface area (Å²) in [6.07, 6.45) is 0. The Hall–Kier alpha value is -2.88. The minimum absolute atomic E-state index is 0.109. The second kappa shape index (κ2) is 7.56. The van der Waals surface area contributed by atoms with E-state index in [0.717, 1.165) is 11.1 Å². The van der Waals surface area contributed by atoms with E-state index in [1.165, 1.54) is 5.56 Å². The maximum Gasteiger partial charge on any atom is 0.257 e. The van der Waals surface area contributed by atoms with Crippen molar-refractivity contribution in [3.05, 3.63) is 77.2 Å². The molecule has 1 heterocycles. The van der Waals surface area contributed by atoms with Gasteiger partial charge in [0, 0.05) is 5.92 Å². The minimum atomic E-state index is -0.146. The lowest BCUT2D eigenvalue weighted by molar-refractivity contribution is 0.0937. The van der Waals surface area contributed by atoms with Crippen molar-refractivity contribution in [2.45, 2.75) is 39.7 Å². The van der Waals surface area contributed by atoms with Crippen molar-refractivity contribution in [3.63, 3.8) is 0 Å². The Labute approximate surface area is 154 Å². The Morgan fingerprint density at radius 1 is 0.962 bits per heavy atom. The first kappa shape index (κ1) is 17.9. The van der Waals surface area contributed by atoms with Crippen LogP contribution in [0.25, 0.3) is 11.1 Å². The summed E-state index contributed by atoms with van der Waals surface area (Å²) in [6.45, 7) is 7.75. The van der Waals surface area contributed by atoms with Crippen molar-refractivity contribution >= 4 is 5.91 Å². The van der Waals surface area contributed by atoms with E-state index < -0.39 is 0 Å². The molecule has 4 heteroatoms. The van der Waals surface area contributed by atoms with Crippen LogP contribution in [-0.4, -0.2) is 11.1 Å². The lowest BCUT2D eigenvalue weighted by Crippen LogP contribution is -2.27. The lowest BCUT2D eigenvalue weighted by Gasteiger charge is -2.15. The topological polar surface area (TPSA) is 55.1 Å². The highest BCUT2D eigenvalue weighted by atomic mass is 16.5. The van der Waals surface area contributed by atoms with Crippen molar-refractivity contribution < 1.29 is 9.32 Å². The van der Waals surface area contributed by atoms with Gasteiger partial charge in [-0.25, -0.2) is 0 Å². The highest BCUT2D eigenvalue weighted by Crippen LogP contribution is 2.24. The van der Waals surface area contributed by atoms with Crippen molar-refractivity contribution in [1.82, 2.24) is 10.5 Å². The molecule has 4 nitrogen and oxygen atoms in total. The number of nitrogens with one attached hydrogen (secondary N) is 1. The van der Waals surface area contributed by atoms with Gasteiger partial charge in [-0.15, -0.1) is 0 Å². The zero-order valence-electron chi connectivity index (χ0n) is 15.6. The van der Waals surface area contributed by atoms with Gasteiger partial charge < -0.3 is 9.84 Å². The largest absolute Gasteiger partial charge is 0.360 e. The number of amides is 1. The van der Waals surface area contributed by atoms with Crippen LogP contribution in [-0.2, 0) is 0 Å². The normalized spacial score (nSPS) is 12.2. The second-order valence-corrected chi connectivity index (χ2v) is 6.85. The smallest absolute Gasteiger partial charge is 0.257 e. The Kier molecular flexibility index (Phi) is 5.21. The fourth-order valence-electron chi connectivity index (χ4n) is 3.00. The zero-order chi connectivity index (χ0) is 18.7. The molecule has 1 N–H and O–H groups in total. The first-order chi connectivity index (χ1) is 12.5. The van der Waals surface area contributed by atoms with E-state index in [4.69, 9.17) is 4.52 Å². The first-order valence-corrected chi connectivity index (χ1v) is 8.89. The van der Waals surface area contributed by atoms with Crippen LogP contribution in [0.15, 0.2) is 59.1 Å². The van der Waals surface area contributed by atoms with Gasteiger partial charge in [-0.3, -0.25) is 4.79 Å². The average Bonchev–Trinajstić information content (AvgIpc) is 3.04. The molecule has 1 unspecified atom stereocenters. The molecule has 1 atom stereocenters. The summed E-state index contributed by atoms with van der Waals surface area (Å²) in [4.78, 5) is 12.7. The summed E-state index contributed by atoms with van der Waals surface area (Å²) in [6, 6.07) is 18.4. The van der Waals surface area contributed by atoms with Crippen LogP contribution in [0, 0.1) is 6.92 Å². The van der Waals surface area contributed by atoms with E-state index in [1.807, 2.05) is 39.0 Å². The molecule has 0 fully saturated rings. The van der Waals surface area contributed by atoms with Crippen LogP contribution in [0.5, 0.6) is 0 Å². The van der Waals surface area contributed by atoms with Crippen molar-refractivity contribution in [2.24, 2.45) is 0 Å². The van der Waals surface area contributed by atoms with Gasteiger partial charge in [-0.2, -0.15) is 0 Å². The first-order valence-electron chi connectivity index (χ1n) is 8.89. The number of carbonyl (C=O) groups excluding carboxylic acids is 1. The van der Waals surface area contributed by atoms with Gasteiger partial charge in [0.25, 0.3) is 5.91 Å². The summed E-state index contributed by atoms with van der Waals surface area (Å²) < 4.78 is 5.32. The third-order valence-electron chi connectivity index (χ3n) is 4.51. The predicted molar refractivity (Wildman–Crippen MR) is 103 cm³/mol. The molecule has 1 amide bonds. The van der Waals surface area contributed by atoms with Crippen LogP contribution < -0.4 is 5.32 Å². The number of rotatable bonds is 5. The number of nitrogens with zero attached hydrogens (tertiary/aromatic N) is 1. The summed E-state index contributed by atoms with van der Waals surface area (Å²) in [5.41, 5.74) is 4.56. The van der Waals surface area contributed by atoms with Crippen LogP contribution >= 0.6 is 0 Å². The van der Waals surface area contributed by atoms with E-state index >= 15 is 0 Å². The maximum absolute atomic E-state index is 12.7. The van der Waals surface area contributed by atoms with Crippen LogP contribution in [0.4, 0.5) is 0 Å². The van der Waals surface area contributed by atoms with Crippen molar-refractivity contribution in [2.75, 3.05) is 0 Å². The Morgan fingerprint density at radius 2 is 1.58 bits per heavy atom. The molecular weight excluding hydrogens is 324 g/mol. The Bertz CT molecular complexity index is 880. The molecule has 0 aliphatic heterocycles. The summed E-state index contributed by atoms with van der Waals surface area (Å²) >= 11 is 0. The van der Waals surface area contributed by atoms with E-state index in [2.05, 4.69) is 46.9 Å². The summed E-state index contributed by atoms with van der Waals surface area (Å²) in [5, 5.41) is 7.00. The Balaban J connectivity index is 1.75. The molecule has 2 aromatic carbocycles. The zero-order valence-corrected chi connectivity index (χ0v) is 15.6. The molecule has 3 aromatic rings. The number of hydrogen-bond donors (Lipinski definition) is 1. The molecule has 134 valence electrons. The van der Waals surface area contributed by atoms with Crippen LogP contribution in [0.3, 0.4) is 0 Å². The molecule has 0 spiro atoms. The molecule has 0 saturated heterocycles. The van der Waals surface area contributed by atoms with Gasteiger partial charge in [0.15, 0.2) is 5.76 Å². The van der Waals surface area contributed by atoms with Gasteiger partial charge in [0.05, 0.1) is 11.7 Å². The van der Waals surface area contributed by atoms with E-state index in [-0.39, 0.29) is 17.9 Å². The molecule has 0 saturated carbocycles. The number of aryl methyl sites for hydroxylation is 1. The molecule has 0 bridgehead atoms. The Morgan fingerprint density at radius 3 is 2.19 bits per heavy atom. The molecule has 0 radical (unpaired) electrons. The molecule has 0 aliphatic carbocycles. The van der Waals surface area contributed by atoms with E-state index in [9.17, 15) is 4.79 Å². The molecule has 3 rings (SSSR count). The molecule has 26 heavy (non-hydrogen) atoms. The van der Waals surface area contributed by atoms with Gasteiger partial charge in [-0.1, -0.05) is 73.6 Å². The average molecular weight is 348 g/mol. The molecule has 1 aromatic heterocycles. The maximum atomic E-state index is 12.7. The highest BCUT2D eigenvalue weighted by molar-refractivity contribution is 5.96. The van der Waals surface area contributed by atoms with Crippen LogP contribution in [0.1, 0.15) is 60.1 Å². The quantitative estimate of drug-likeness (QED) is 0.684. The van der Waals surface area contributed by atoms with Crippen molar-refractivity contribution in [3.8, 4) is 11.1 Å². The minimum Gasteiger partial charge on any atom is -0.360 e. The molecule has 0 aliphatic rings. The van der Waals surface area contributed by atoms with Gasteiger partial charge >= 0.3 is 0 Å². The summed E-state index contributed by atoms with van der Waals surface area (Å²) in [7, 11) is 0. The van der Waals surface area contributed by atoms with Gasteiger partial charge in [-0.05, 0) is 30.5 Å². The van der Waals surface area contributed by atoms with Gasteiger partial charge in [0.2, 0.25) is 0 Å². The predicted octanol–water partition coefficient (Wildman–Crippen LogP) is 5.26. The fraction of sp³-hybridized carbons (Fsp3) is 0.273. The monoisotopic (exact) mass is 348 g/mol. The van der Waals surface area contributed by atoms with Crippen LogP contribution in [0.2, 0.25) is 0 Å². The third kappa shape index (κ3) is 3.69. The molecular formula is C22H24N2O2. The number of aromatic nitrogens is 1. The third-order valence-corrected chi connectivity index (χ3v) is 4.51. The lowest BCUT2D eigenvalue weighted by atomic mass is 10.0. The summed E-state index contributed by atoms with van der Waals surface area (Å²) in [5.74, 6) is 0.594. The standard InChI is InChI=1S/C22H24N2O2/c1-14(2)21-20(16(4)24-26-21)22(25)23-15(3)17-10-12-19(13-11-17)18-8-6-5-7-9-18/h5-15H,1-4H3,(H,23,25).